The molecule has 0 aromatic carbocycles. The van der Waals surface area contributed by atoms with Crippen LogP contribution in [0.3, 0.4) is 0 Å². The molecule has 0 fully saturated rings. The molecule has 2 aromatic heterocycles. The highest BCUT2D eigenvalue weighted by atomic mass is 32.1. The van der Waals surface area contributed by atoms with Crippen molar-refractivity contribution in [3.63, 3.8) is 0 Å². The van der Waals surface area contributed by atoms with Crippen LogP contribution in [0.15, 0.2) is 6.20 Å². The molecule has 0 atom stereocenters. The van der Waals surface area contributed by atoms with Gasteiger partial charge in [-0.25, -0.2) is 10.1 Å². The molecule has 0 bridgehead atoms. The van der Waals surface area contributed by atoms with Crippen LogP contribution in [-0.2, 0) is 0 Å². The first-order valence-corrected chi connectivity index (χ1v) is 3.84. The summed E-state index contributed by atoms with van der Waals surface area (Å²) < 4.78 is 0. The second-order valence-corrected chi connectivity index (χ2v) is 3.23. The zero-order valence-electron chi connectivity index (χ0n) is 5.77. The number of thiazole rings is 1. The highest BCUT2D eigenvalue weighted by Crippen LogP contribution is 2.20. The van der Waals surface area contributed by atoms with Crippen molar-refractivity contribution < 1.29 is 0 Å². The number of hydrogen-bond donors (Lipinski definition) is 1. The quantitative estimate of drug-likeness (QED) is 0.676. The maximum absolute atomic E-state index is 4.08. The summed E-state index contributed by atoms with van der Waals surface area (Å²) in [6, 6.07) is 0. The van der Waals surface area contributed by atoms with Gasteiger partial charge in [-0.05, 0) is 17.4 Å². The summed E-state index contributed by atoms with van der Waals surface area (Å²) in [4.78, 5) is 5.04. The summed E-state index contributed by atoms with van der Waals surface area (Å²) in [5.41, 5.74) is 0. The van der Waals surface area contributed by atoms with Gasteiger partial charge in [0, 0.05) is 6.20 Å². The summed E-state index contributed by atoms with van der Waals surface area (Å²) in [7, 11) is 0. The molecule has 0 aliphatic heterocycles. The first-order valence-electron chi connectivity index (χ1n) is 3.03. The molecule has 0 aliphatic rings. The lowest BCUT2D eigenvalue weighted by Gasteiger charge is -1.80. The van der Waals surface area contributed by atoms with Gasteiger partial charge in [0.1, 0.15) is 0 Å². The fourth-order valence-electron chi connectivity index (χ4n) is 0.734. The van der Waals surface area contributed by atoms with Crippen molar-refractivity contribution >= 4 is 11.3 Å². The third-order valence-electron chi connectivity index (χ3n) is 1.20. The molecule has 2 rings (SSSR count). The van der Waals surface area contributed by atoms with Gasteiger partial charge in [-0.3, -0.25) is 0 Å². The van der Waals surface area contributed by atoms with E-state index in [0.29, 0.717) is 5.82 Å². The van der Waals surface area contributed by atoms with Crippen LogP contribution in [0.1, 0.15) is 5.01 Å². The van der Waals surface area contributed by atoms with Crippen molar-refractivity contribution in [2.45, 2.75) is 6.92 Å². The number of hydrogen-bond acceptors (Lipinski definition) is 5. The molecule has 0 saturated carbocycles. The Morgan fingerprint density at radius 1 is 1.55 bits per heavy atom. The topological polar surface area (TPSA) is 67.3 Å². The molecule has 0 saturated heterocycles. The number of nitrogens with one attached hydrogen (secondary N) is 1. The van der Waals surface area contributed by atoms with Gasteiger partial charge in [-0.15, -0.1) is 16.4 Å². The molecule has 56 valence electrons. The lowest BCUT2D eigenvalue weighted by Crippen LogP contribution is -1.73. The normalized spacial score (nSPS) is 10.3. The van der Waals surface area contributed by atoms with Gasteiger partial charge >= 0.3 is 0 Å². The Balaban J connectivity index is 2.45. The minimum atomic E-state index is 0.676. The van der Waals surface area contributed by atoms with Crippen LogP contribution in [0.2, 0.25) is 0 Å². The monoisotopic (exact) mass is 167 g/mol. The minimum Gasteiger partial charge on any atom is -0.249 e. The SMILES string of the molecule is Cc1ncc(-c2nnn[nH]2)s1. The molecule has 1 N–H and O–H groups in total. The van der Waals surface area contributed by atoms with E-state index in [9.17, 15) is 0 Å². The van der Waals surface area contributed by atoms with Crippen molar-refractivity contribution in [1.82, 2.24) is 25.6 Å². The van der Waals surface area contributed by atoms with E-state index >= 15 is 0 Å². The van der Waals surface area contributed by atoms with Crippen LogP contribution in [0.5, 0.6) is 0 Å². The Kier molecular flexibility index (Phi) is 1.39. The molecule has 0 amide bonds. The number of aryl methyl sites for hydroxylation is 1. The highest BCUT2D eigenvalue weighted by Gasteiger charge is 2.03. The van der Waals surface area contributed by atoms with Gasteiger partial charge in [-0.2, -0.15) is 0 Å². The molecule has 2 aromatic rings. The first kappa shape index (κ1) is 6.41. The van der Waals surface area contributed by atoms with Crippen LogP contribution in [-0.4, -0.2) is 25.6 Å². The summed E-state index contributed by atoms with van der Waals surface area (Å²) in [6.07, 6.45) is 1.75. The second kappa shape index (κ2) is 2.39. The van der Waals surface area contributed by atoms with E-state index in [-0.39, 0.29) is 0 Å². The van der Waals surface area contributed by atoms with Gasteiger partial charge < -0.3 is 0 Å². The summed E-state index contributed by atoms with van der Waals surface area (Å²) in [6.45, 7) is 1.94. The molecule has 2 heterocycles. The van der Waals surface area contributed by atoms with E-state index in [1.807, 2.05) is 6.92 Å². The number of aromatic nitrogens is 5. The van der Waals surface area contributed by atoms with Crippen molar-refractivity contribution in [2.75, 3.05) is 0 Å². The molecule has 0 unspecified atom stereocenters. The smallest absolute Gasteiger partial charge is 0.191 e. The van der Waals surface area contributed by atoms with Crippen molar-refractivity contribution in [2.24, 2.45) is 0 Å². The van der Waals surface area contributed by atoms with Crippen LogP contribution >= 0.6 is 11.3 Å². The van der Waals surface area contributed by atoms with Crippen molar-refractivity contribution in [3.05, 3.63) is 11.2 Å². The van der Waals surface area contributed by atoms with Crippen LogP contribution < -0.4 is 0 Å². The molecule has 6 heteroatoms. The molecular formula is C5H5N5S. The van der Waals surface area contributed by atoms with E-state index < -0.39 is 0 Å². The van der Waals surface area contributed by atoms with Crippen LogP contribution in [0.4, 0.5) is 0 Å². The van der Waals surface area contributed by atoms with Crippen molar-refractivity contribution in [1.29, 1.82) is 0 Å². The largest absolute Gasteiger partial charge is 0.249 e. The number of rotatable bonds is 1. The van der Waals surface area contributed by atoms with Gasteiger partial charge in [0.2, 0.25) is 0 Å². The third-order valence-corrected chi connectivity index (χ3v) is 2.12. The predicted octanol–water partition coefficient (Wildman–Crippen LogP) is 0.632. The summed E-state index contributed by atoms with van der Waals surface area (Å²) in [5.74, 6) is 0.676. The Morgan fingerprint density at radius 2 is 2.45 bits per heavy atom. The Bertz CT molecular complexity index is 337. The second-order valence-electron chi connectivity index (χ2n) is 1.99. The number of nitrogens with zero attached hydrogens (tertiary/aromatic N) is 4. The average molecular weight is 167 g/mol. The number of H-pyrrole nitrogens is 1. The standard InChI is InChI=1S/C5H5N5S/c1-3-6-2-4(11-3)5-7-9-10-8-5/h2H,1H3,(H,7,8,9,10). The number of aromatic amines is 1. The Labute approximate surface area is 66.5 Å². The average Bonchev–Trinajstić information content (AvgIpc) is 2.55. The summed E-state index contributed by atoms with van der Waals surface area (Å²) in [5, 5.41) is 14.4. The lowest BCUT2D eigenvalue weighted by atomic mass is 10.5. The summed E-state index contributed by atoms with van der Waals surface area (Å²) >= 11 is 1.56. The zero-order chi connectivity index (χ0) is 7.68. The minimum absolute atomic E-state index is 0.676. The number of tetrazole rings is 1. The Morgan fingerprint density at radius 3 is 3.00 bits per heavy atom. The fraction of sp³-hybridized carbons (Fsp3) is 0.200. The van der Waals surface area contributed by atoms with E-state index in [1.54, 1.807) is 17.5 Å². The van der Waals surface area contributed by atoms with Gasteiger partial charge in [0.25, 0.3) is 0 Å². The van der Waals surface area contributed by atoms with Gasteiger partial charge in [0.15, 0.2) is 5.82 Å². The predicted molar refractivity (Wildman–Crippen MR) is 40.0 cm³/mol. The third kappa shape index (κ3) is 1.12. The fourth-order valence-corrected chi connectivity index (χ4v) is 1.45. The zero-order valence-corrected chi connectivity index (χ0v) is 6.59. The maximum Gasteiger partial charge on any atom is 0.191 e. The van der Waals surface area contributed by atoms with Crippen LogP contribution in [0, 0.1) is 6.92 Å². The van der Waals surface area contributed by atoms with Crippen LogP contribution in [0.25, 0.3) is 10.7 Å². The van der Waals surface area contributed by atoms with E-state index in [1.165, 1.54) is 0 Å². The van der Waals surface area contributed by atoms with E-state index in [4.69, 9.17) is 0 Å². The Hall–Kier alpha value is -1.30. The maximum atomic E-state index is 4.08. The van der Waals surface area contributed by atoms with Gasteiger partial charge in [0.05, 0.1) is 9.88 Å². The van der Waals surface area contributed by atoms with Gasteiger partial charge in [-0.1, -0.05) is 0 Å². The molecule has 0 radical (unpaired) electrons. The first-order chi connectivity index (χ1) is 5.36. The molecule has 5 nitrogen and oxygen atoms in total. The molecule has 0 aliphatic carbocycles. The van der Waals surface area contributed by atoms with E-state index in [0.717, 1.165) is 9.88 Å². The molecule has 0 spiro atoms. The van der Waals surface area contributed by atoms with E-state index in [2.05, 4.69) is 25.6 Å². The lowest BCUT2D eigenvalue weighted by molar-refractivity contribution is 0.881. The van der Waals surface area contributed by atoms with Crippen molar-refractivity contribution in [3.8, 4) is 10.7 Å². The molecule has 11 heavy (non-hydrogen) atoms. The highest BCUT2D eigenvalue weighted by molar-refractivity contribution is 7.14. The molecular weight excluding hydrogens is 162 g/mol.